The number of amides is 1. The average molecular weight is 200 g/mol. The van der Waals surface area contributed by atoms with E-state index in [1.54, 1.807) is 7.05 Å². The van der Waals surface area contributed by atoms with Crippen molar-refractivity contribution in [2.75, 3.05) is 13.6 Å². The first-order chi connectivity index (χ1) is 6.31. The smallest absolute Gasteiger partial charge is 0.239 e. The number of nitrogens with one attached hydrogen (secondary N) is 2. The van der Waals surface area contributed by atoms with Crippen molar-refractivity contribution < 1.29 is 4.79 Å². The van der Waals surface area contributed by atoms with Crippen molar-refractivity contribution >= 4 is 5.91 Å². The van der Waals surface area contributed by atoms with Crippen LogP contribution in [0.5, 0.6) is 0 Å². The zero-order chi connectivity index (χ0) is 11.4. The Kier molecular flexibility index (Phi) is 5.13. The molecule has 0 saturated heterocycles. The van der Waals surface area contributed by atoms with E-state index in [4.69, 9.17) is 0 Å². The van der Waals surface area contributed by atoms with Crippen LogP contribution in [0.4, 0.5) is 0 Å². The minimum atomic E-state index is -0.475. The molecule has 0 rings (SSSR count). The topological polar surface area (TPSA) is 41.1 Å². The van der Waals surface area contributed by atoms with Crippen molar-refractivity contribution in [1.82, 2.24) is 10.6 Å². The van der Waals surface area contributed by atoms with Crippen LogP contribution in [0.2, 0.25) is 0 Å². The molecule has 3 nitrogen and oxygen atoms in total. The van der Waals surface area contributed by atoms with Gasteiger partial charge in [0.2, 0.25) is 5.91 Å². The van der Waals surface area contributed by atoms with Crippen molar-refractivity contribution in [3.8, 4) is 0 Å². The predicted molar refractivity (Wildman–Crippen MR) is 60.2 cm³/mol. The van der Waals surface area contributed by atoms with Gasteiger partial charge in [-0.3, -0.25) is 4.79 Å². The van der Waals surface area contributed by atoms with Crippen molar-refractivity contribution in [3.63, 3.8) is 0 Å². The van der Waals surface area contributed by atoms with Gasteiger partial charge in [0.25, 0.3) is 0 Å². The minimum Gasteiger partial charge on any atom is -0.354 e. The van der Waals surface area contributed by atoms with Crippen LogP contribution in [0.1, 0.15) is 34.6 Å². The van der Waals surface area contributed by atoms with Crippen LogP contribution in [0.3, 0.4) is 0 Å². The first-order valence-corrected chi connectivity index (χ1v) is 5.28. The Bertz CT molecular complexity index is 188. The van der Waals surface area contributed by atoms with Crippen molar-refractivity contribution in [1.29, 1.82) is 0 Å². The molecule has 0 aromatic carbocycles. The lowest BCUT2D eigenvalue weighted by Gasteiger charge is -2.24. The van der Waals surface area contributed by atoms with Crippen LogP contribution in [0.15, 0.2) is 0 Å². The third-order valence-electron chi connectivity index (χ3n) is 2.92. The number of carbonyl (C=O) groups is 1. The summed E-state index contributed by atoms with van der Waals surface area (Å²) in [4.78, 5) is 11.6. The molecule has 3 heteroatoms. The highest BCUT2D eigenvalue weighted by molar-refractivity contribution is 5.85. The Hall–Kier alpha value is -0.570. The summed E-state index contributed by atoms with van der Waals surface area (Å²) in [6.07, 6.45) is 0. The molecule has 0 aliphatic carbocycles. The summed E-state index contributed by atoms with van der Waals surface area (Å²) in [6, 6.07) is 0. The molecule has 0 bridgehead atoms. The zero-order valence-corrected chi connectivity index (χ0v) is 10.3. The number of hydrogen-bond donors (Lipinski definition) is 2. The molecule has 0 aromatic rings. The van der Waals surface area contributed by atoms with Crippen LogP contribution in [-0.4, -0.2) is 25.0 Å². The van der Waals surface area contributed by atoms with Gasteiger partial charge in [-0.25, -0.2) is 0 Å². The van der Waals surface area contributed by atoms with Gasteiger partial charge < -0.3 is 10.6 Å². The van der Waals surface area contributed by atoms with E-state index in [1.807, 2.05) is 13.8 Å². The van der Waals surface area contributed by atoms with Crippen molar-refractivity contribution in [2.45, 2.75) is 40.2 Å². The van der Waals surface area contributed by atoms with E-state index in [1.165, 1.54) is 0 Å². The van der Waals surface area contributed by atoms with E-state index in [0.29, 0.717) is 11.8 Å². The molecule has 2 N–H and O–H groups in total. The summed E-state index contributed by atoms with van der Waals surface area (Å²) >= 11 is 0. The summed E-state index contributed by atoms with van der Waals surface area (Å²) < 4.78 is 0. The van der Waals surface area contributed by atoms with E-state index in [0.717, 1.165) is 6.54 Å². The summed E-state index contributed by atoms with van der Waals surface area (Å²) in [5.74, 6) is 1.19. The predicted octanol–water partition coefficient (Wildman–Crippen LogP) is 1.39. The van der Waals surface area contributed by atoms with Gasteiger partial charge in [-0.1, -0.05) is 20.8 Å². The molecule has 1 atom stereocenters. The first kappa shape index (κ1) is 13.4. The molecular formula is C11H24N2O. The van der Waals surface area contributed by atoms with Crippen LogP contribution in [-0.2, 0) is 4.79 Å². The minimum absolute atomic E-state index is 0.0625. The highest BCUT2D eigenvalue weighted by Crippen LogP contribution is 2.08. The molecule has 0 spiro atoms. The van der Waals surface area contributed by atoms with Crippen LogP contribution >= 0.6 is 0 Å². The molecule has 84 valence electrons. The molecule has 0 heterocycles. The maximum atomic E-state index is 11.6. The molecule has 1 unspecified atom stereocenters. The first-order valence-electron chi connectivity index (χ1n) is 5.28. The van der Waals surface area contributed by atoms with Gasteiger partial charge in [0.1, 0.15) is 0 Å². The number of carbonyl (C=O) groups excluding carboxylic acids is 1. The number of hydrogen-bond acceptors (Lipinski definition) is 2. The van der Waals surface area contributed by atoms with Crippen molar-refractivity contribution in [3.05, 3.63) is 0 Å². The van der Waals surface area contributed by atoms with Gasteiger partial charge in [-0.15, -0.1) is 0 Å². The molecule has 0 aliphatic rings. The van der Waals surface area contributed by atoms with Gasteiger partial charge in [0.15, 0.2) is 0 Å². The highest BCUT2D eigenvalue weighted by Gasteiger charge is 2.25. The molecule has 0 aromatic heterocycles. The molecule has 0 saturated carbocycles. The van der Waals surface area contributed by atoms with Gasteiger partial charge in [0, 0.05) is 6.54 Å². The summed E-state index contributed by atoms with van der Waals surface area (Å²) in [5, 5.41) is 5.94. The standard InChI is InChI=1S/C11H24N2O/c1-8(2)9(3)7-13-10(14)11(4,5)12-6/h8-9,12H,7H2,1-6H3,(H,13,14). The Morgan fingerprint density at radius 2 is 1.79 bits per heavy atom. The largest absolute Gasteiger partial charge is 0.354 e. The normalized spacial score (nSPS) is 14.2. The summed E-state index contributed by atoms with van der Waals surface area (Å²) in [6.45, 7) is 11.0. The van der Waals surface area contributed by atoms with Crippen LogP contribution in [0.25, 0.3) is 0 Å². The van der Waals surface area contributed by atoms with Crippen LogP contribution < -0.4 is 10.6 Å². The third kappa shape index (κ3) is 4.09. The van der Waals surface area contributed by atoms with E-state index in [9.17, 15) is 4.79 Å². The average Bonchev–Trinajstić information content (AvgIpc) is 2.13. The Balaban J connectivity index is 3.97. The van der Waals surface area contributed by atoms with E-state index in [2.05, 4.69) is 31.4 Å². The Morgan fingerprint density at radius 1 is 1.29 bits per heavy atom. The van der Waals surface area contributed by atoms with E-state index >= 15 is 0 Å². The molecule has 0 fully saturated rings. The summed E-state index contributed by atoms with van der Waals surface area (Å²) in [7, 11) is 1.80. The van der Waals surface area contributed by atoms with Gasteiger partial charge in [-0.2, -0.15) is 0 Å². The Morgan fingerprint density at radius 3 is 2.14 bits per heavy atom. The lowest BCUT2D eigenvalue weighted by molar-refractivity contribution is -0.126. The second kappa shape index (κ2) is 5.35. The van der Waals surface area contributed by atoms with Crippen LogP contribution in [0, 0.1) is 11.8 Å². The highest BCUT2D eigenvalue weighted by atomic mass is 16.2. The third-order valence-corrected chi connectivity index (χ3v) is 2.92. The fourth-order valence-electron chi connectivity index (χ4n) is 0.824. The fourth-order valence-corrected chi connectivity index (χ4v) is 0.824. The van der Waals surface area contributed by atoms with Gasteiger partial charge in [0.05, 0.1) is 5.54 Å². The maximum Gasteiger partial charge on any atom is 0.239 e. The molecule has 0 aliphatic heterocycles. The zero-order valence-electron chi connectivity index (χ0n) is 10.3. The lowest BCUT2D eigenvalue weighted by atomic mass is 9.97. The lowest BCUT2D eigenvalue weighted by Crippen LogP contribution is -2.52. The van der Waals surface area contributed by atoms with E-state index in [-0.39, 0.29) is 5.91 Å². The fraction of sp³-hybridized carbons (Fsp3) is 0.909. The molecule has 14 heavy (non-hydrogen) atoms. The van der Waals surface area contributed by atoms with Gasteiger partial charge in [-0.05, 0) is 32.7 Å². The van der Waals surface area contributed by atoms with Crippen molar-refractivity contribution in [2.24, 2.45) is 11.8 Å². The second-order valence-electron chi connectivity index (χ2n) is 4.81. The second-order valence-corrected chi connectivity index (χ2v) is 4.81. The summed E-state index contributed by atoms with van der Waals surface area (Å²) in [5.41, 5.74) is -0.475. The molecular weight excluding hydrogens is 176 g/mol. The molecule has 1 amide bonds. The molecule has 0 radical (unpaired) electrons. The maximum absolute atomic E-state index is 11.6. The Labute approximate surface area is 87.6 Å². The SMILES string of the molecule is CNC(C)(C)C(=O)NCC(C)C(C)C. The van der Waals surface area contributed by atoms with Gasteiger partial charge >= 0.3 is 0 Å². The number of likely N-dealkylation sites (N-methyl/N-ethyl adjacent to an activating group) is 1. The number of rotatable bonds is 5. The monoisotopic (exact) mass is 200 g/mol. The quantitative estimate of drug-likeness (QED) is 0.704. The van der Waals surface area contributed by atoms with E-state index < -0.39 is 5.54 Å².